The van der Waals surface area contributed by atoms with Crippen LogP contribution in [0.5, 0.6) is 28.9 Å². The van der Waals surface area contributed by atoms with E-state index < -0.39 is 5.92 Å². The van der Waals surface area contributed by atoms with Crippen LogP contribution in [0, 0.1) is 17.1 Å². The summed E-state index contributed by atoms with van der Waals surface area (Å²) in [5.41, 5.74) is 9.46. The standard InChI is InChI=1S/C29H25FN4O5/c1-35-22-12-18(13-23(36-2)27(22)37-3)26-25-24(20(14-31)28(32)39-29(25)34-33-26)16-8-10-19(11-9-16)38-15-17-6-4-5-7-21(17)30/h4-13,24H,15,32H2,1-3H3,(H,33,34). The fraction of sp³-hybridized carbons (Fsp3) is 0.172. The maximum absolute atomic E-state index is 14.0. The van der Waals surface area contributed by atoms with Gasteiger partial charge < -0.3 is 29.4 Å². The molecule has 0 aliphatic carbocycles. The smallest absolute Gasteiger partial charge is 0.244 e. The maximum atomic E-state index is 14.0. The summed E-state index contributed by atoms with van der Waals surface area (Å²) in [6.45, 7) is 0.0801. The number of H-pyrrole nitrogens is 1. The van der Waals surface area contributed by atoms with Crippen molar-refractivity contribution < 1.29 is 28.1 Å². The molecular formula is C29H25FN4O5. The highest BCUT2D eigenvalue weighted by atomic mass is 19.1. The number of allylic oxidation sites excluding steroid dienone is 1. The summed E-state index contributed by atoms with van der Waals surface area (Å²) >= 11 is 0. The molecule has 198 valence electrons. The fourth-order valence-corrected chi connectivity index (χ4v) is 4.56. The number of nitrogens with one attached hydrogen (secondary N) is 1. The molecule has 1 aliphatic rings. The van der Waals surface area contributed by atoms with Crippen molar-refractivity contribution in [2.24, 2.45) is 5.73 Å². The van der Waals surface area contributed by atoms with Gasteiger partial charge in [0.1, 0.15) is 29.8 Å². The first-order chi connectivity index (χ1) is 19.0. The molecule has 0 saturated carbocycles. The minimum Gasteiger partial charge on any atom is -0.493 e. The number of fused-ring (bicyclic) bond motifs is 1. The second-order valence-electron chi connectivity index (χ2n) is 8.61. The summed E-state index contributed by atoms with van der Waals surface area (Å²) in [6, 6.07) is 19.4. The van der Waals surface area contributed by atoms with E-state index in [9.17, 15) is 9.65 Å². The highest BCUT2D eigenvalue weighted by Gasteiger charge is 2.36. The van der Waals surface area contributed by atoms with Crippen LogP contribution in [0.15, 0.2) is 72.1 Å². The van der Waals surface area contributed by atoms with Crippen LogP contribution in [0.4, 0.5) is 4.39 Å². The van der Waals surface area contributed by atoms with Crippen LogP contribution in [-0.2, 0) is 6.61 Å². The Morgan fingerprint density at radius 3 is 2.33 bits per heavy atom. The number of aromatic amines is 1. The van der Waals surface area contributed by atoms with Gasteiger partial charge in [-0.05, 0) is 35.9 Å². The number of aromatic nitrogens is 2. The van der Waals surface area contributed by atoms with Crippen LogP contribution in [0.3, 0.4) is 0 Å². The third kappa shape index (κ3) is 4.66. The van der Waals surface area contributed by atoms with Crippen LogP contribution in [0.2, 0.25) is 0 Å². The average molecular weight is 529 g/mol. The van der Waals surface area contributed by atoms with Crippen molar-refractivity contribution in [3.05, 3.63) is 94.6 Å². The number of hydrogen-bond acceptors (Lipinski definition) is 8. The average Bonchev–Trinajstić information content (AvgIpc) is 3.38. The second kappa shape index (κ2) is 10.7. The van der Waals surface area contributed by atoms with Gasteiger partial charge in [0.15, 0.2) is 11.5 Å². The largest absolute Gasteiger partial charge is 0.493 e. The molecule has 2 heterocycles. The summed E-state index contributed by atoms with van der Waals surface area (Å²) < 4.78 is 42.0. The molecule has 0 spiro atoms. The van der Waals surface area contributed by atoms with Crippen molar-refractivity contribution >= 4 is 0 Å². The first-order valence-corrected chi connectivity index (χ1v) is 11.9. The number of halogens is 1. The Labute approximate surface area is 224 Å². The van der Waals surface area contributed by atoms with Gasteiger partial charge in [0.2, 0.25) is 17.5 Å². The Bertz CT molecular complexity index is 1570. The lowest BCUT2D eigenvalue weighted by Crippen LogP contribution is -2.21. The summed E-state index contributed by atoms with van der Waals surface area (Å²) in [5.74, 6) is 1.19. The van der Waals surface area contributed by atoms with E-state index in [2.05, 4.69) is 16.3 Å². The molecule has 1 unspecified atom stereocenters. The monoisotopic (exact) mass is 528 g/mol. The summed E-state index contributed by atoms with van der Waals surface area (Å²) in [4.78, 5) is 0. The number of ether oxygens (including phenoxy) is 5. The van der Waals surface area contributed by atoms with Gasteiger partial charge >= 0.3 is 0 Å². The van der Waals surface area contributed by atoms with Crippen molar-refractivity contribution in [2.45, 2.75) is 12.5 Å². The molecule has 1 atom stereocenters. The molecule has 0 radical (unpaired) electrons. The van der Waals surface area contributed by atoms with Gasteiger partial charge in [0, 0.05) is 11.1 Å². The van der Waals surface area contributed by atoms with E-state index in [1.165, 1.54) is 27.4 Å². The Morgan fingerprint density at radius 1 is 1.03 bits per heavy atom. The molecule has 4 aromatic rings. The highest BCUT2D eigenvalue weighted by Crippen LogP contribution is 2.48. The van der Waals surface area contributed by atoms with Gasteiger partial charge in [0.25, 0.3) is 0 Å². The number of nitrogens with two attached hydrogens (primary N) is 1. The van der Waals surface area contributed by atoms with Crippen LogP contribution >= 0.6 is 0 Å². The number of benzene rings is 3. The number of methoxy groups -OCH3 is 3. The lowest BCUT2D eigenvalue weighted by molar-refractivity contribution is 0.299. The lowest BCUT2D eigenvalue weighted by atomic mass is 9.83. The Hall–Kier alpha value is -5.17. The van der Waals surface area contributed by atoms with Gasteiger partial charge in [-0.1, -0.05) is 30.3 Å². The first kappa shape index (κ1) is 25.5. The van der Waals surface area contributed by atoms with Crippen molar-refractivity contribution in [2.75, 3.05) is 21.3 Å². The molecule has 3 aromatic carbocycles. The molecule has 5 rings (SSSR count). The van der Waals surface area contributed by atoms with Gasteiger partial charge in [-0.25, -0.2) is 4.39 Å². The molecule has 0 amide bonds. The topological polar surface area (TPSA) is 125 Å². The Morgan fingerprint density at radius 2 is 1.72 bits per heavy atom. The van der Waals surface area contributed by atoms with Gasteiger partial charge in [-0.2, -0.15) is 5.26 Å². The number of nitrogens with zero attached hydrogens (tertiary/aromatic N) is 2. The number of hydrogen-bond donors (Lipinski definition) is 2. The molecule has 0 saturated heterocycles. The zero-order valence-corrected chi connectivity index (χ0v) is 21.4. The zero-order chi connectivity index (χ0) is 27.5. The van der Waals surface area contributed by atoms with E-state index in [4.69, 9.17) is 29.4 Å². The highest BCUT2D eigenvalue weighted by molar-refractivity contribution is 5.75. The van der Waals surface area contributed by atoms with E-state index in [1.807, 2.05) is 12.1 Å². The minimum absolute atomic E-state index is 0.0298. The molecule has 9 nitrogen and oxygen atoms in total. The van der Waals surface area contributed by atoms with Gasteiger partial charge in [-0.3, -0.25) is 5.10 Å². The molecule has 1 aromatic heterocycles. The van der Waals surface area contributed by atoms with Crippen molar-refractivity contribution in [1.82, 2.24) is 10.2 Å². The van der Waals surface area contributed by atoms with Crippen LogP contribution in [0.1, 0.15) is 22.6 Å². The molecule has 10 heteroatoms. The van der Waals surface area contributed by atoms with Crippen LogP contribution in [0.25, 0.3) is 11.3 Å². The first-order valence-electron chi connectivity index (χ1n) is 11.9. The zero-order valence-electron chi connectivity index (χ0n) is 21.4. The molecule has 39 heavy (non-hydrogen) atoms. The second-order valence-corrected chi connectivity index (χ2v) is 8.61. The third-order valence-corrected chi connectivity index (χ3v) is 6.46. The summed E-state index contributed by atoms with van der Waals surface area (Å²) in [6.07, 6.45) is 0. The molecular weight excluding hydrogens is 503 g/mol. The van der Waals surface area contributed by atoms with Crippen molar-refractivity contribution in [3.8, 4) is 46.2 Å². The normalized spacial score (nSPS) is 14.2. The maximum Gasteiger partial charge on any atom is 0.244 e. The predicted molar refractivity (Wildman–Crippen MR) is 140 cm³/mol. The van der Waals surface area contributed by atoms with Crippen LogP contribution < -0.4 is 29.4 Å². The van der Waals surface area contributed by atoms with E-state index >= 15 is 0 Å². The quantitative estimate of drug-likeness (QED) is 0.326. The number of nitriles is 1. The van der Waals surface area contributed by atoms with Crippen molar-refractivity contribution in [1.29, 1.82) is 5.26 Å². The fourth-order valence-electron chi connectivity index (χ4n) is 4.56. The SMILES string of the molecule is COc1cc(-c2[nH]nc3c2C(c2ccc(OCc4ccccc4F)cc2)C(C#N)=C(N)O3)cc(OC)c1OC. The number of rotatable bonds is 8. The molecule has 3 N–H and O–H groups in total. The van der Waals surface area contributed by atoms with Crippen LogP contribution in [-0.4, -0.2) is 31.5 Å². The molecule has 0 bridgehead atoms. The molecule has 0 fully saturated rings. The van der Waals surface area contributed by atoms with E-state index in [0.29, 0.717) is 45.4 Å². The molecule has 1 aliphatic heterocycles. The van der Waals surface area contributed by atoms with Gasteiger partial charge in [0.05, 0.1) is 38.5 Å². The Balaban J connectivity index is 1.54. The summed E-state index contributed by atoms with van der Waals surface area (Å²) in [5, 5.41) is 17.4. The van der Waals surface area contributed by atoms with E-state index in [0.717, 1.165) is 5.56 Å². The third-order valence-electron chi connectivity index (χ3n) is 6.46. The van der Waals surface area contributed by atoms with Gasteiger partial charge in [-0.15, -0.1) is 5.10 Å². The Kier molecular flexibility index (Phi) is 6.97. The minimum atomic E-state index is -0.591. The van der Waals surface area contributed by atoms with E-state index in [1.54, 1.807) is 42.5 Å². The summed E-state index contributed by atoms with van der Waals surface area (Å²) in [7, 11) is 4.59. The lowest BCUT2D eigenvalue weighted by Gasteiger charge is -2.24. The van der Waals surface area contributed by atoms with E-state index in [-0.39, 0.29) is 29.8 Å². The van der Waals surface area contributed by atoms with Crippen molar-refractivity contribution in [3.63, 3.8) is 0 Å². The predicted octanol–water partition coefficient (Wildman–Crippen LogP) is 5.04.